The minimum atomic E-state index is -1.11. The average Bonchev–Trinajstić information content (AvgIpc) is 2.35. The topological polar surface area (TPSA) is 57.5 Å². The molecule has 3 nitrogen and oxygen atoms in total. The van der Waals surface area contributed by atoms with E-state index < -0.39 is 11.2 Å². The molecule has 2 aliphatic rings. The van der Waals surface area contributed by atoms with Gasteiger partial charge in [0.1, 0.15) is 0 Å². The second-order valence-corrected chi connectivity index (χ2v) is 6.29. The second-order valence-electron chi connectivity index (χ2n) is 6.29. The number of ketones is 1. The first-order chi connectivity index (χ1) is 8.15. The maximum Gasteiger partial charge on any atom is 0.165 e. The predicted octanol–water partition coefficient (Wildman–Crippen LogP) is 2.13. The number of rotatable bonds is 1. The Hall–Kier alpha value is -0.930. The summed E-state index contributed by atoms with van der Waals surface area (Å²) in [6, 6.07) is 0. The van der Waals surface area contributed by atoms with Crippen molar-refractivity contribution in [2.45, 2.75) is 57.7 Å². The SMILES string of the molecule is C=C(C)[C@@H]1CC[C@](C)(O)C2=C(C1)[C@](C)(O)CC2=O. The summed E-state index contributed by atoms with van der Waals surface area (Å²) in [7, 11) is 0. The van der Waals surface area contributed by atoms with Crippen LogP contribution in [0, 0.1) is 5.92 Å². The Morgan fingerprint density at radius 3 is 2.50 bits per heavy atom. The van der Waals surface area contributed by atoms with Crippen LogP contribution in [-0.4, -0.2) is 27.2 Å². The van der Waals surface area contributed by atoms with Crippen molar-refractivity contribution < 1.29 is 15.0 Å². The molecule has 0 aromatic heterocycles. The van der Waals surface area contributed by atoms with E-state index in [-0.39, 0.29) is 18.1 Å². The van der Waals surface area contributed by atoms with Crippen LogP contribution in [0.2, 0.25) is 0 Å². The number of Topliss-reactive ketones (excluding diaryl/α,β-unsaturated/α-hetero) is 1. The minimum Gasteiger partial charge on any atom is -0.385 e. The molecule has 0 unspecified atom stereocenters. The Labute approximate surface area is 108 Å². The maximum atomic E-state index is 12.1. The Balaban J connectivity index is 2.51. The normalized spacial score (nSPS) is 40.7. The summed E-state index contributed by atoms with van der Waals surface area (Å²) in [5.74, 6) is 0.128. The van der Waals surface area contributed by atoms with E-state index in [0.29, 0.717) is 18.4 Å². The maximum absolute atomic E-state index is 12.1. The van der Waals surface area contributed by atoms with Gasteiger partial charge in [-0.2, -0.15) is 0 Å². The van der Waals surface area contributed by atoms with Crippen LogP contribution in [0.15, 0.2) is 23.3 Å². The summed E-state index contributed by atoms with van der Waals surface area (Å²) >= 11 is 0. The Bertz CT molecular complexity index is 441. The Kier molecular flexibility index (Phi) is 3.03. The van der Waals surface area contributed by atoms with E-state index in [1.54, 1.807) is 13.8 Å². The van der Waals surface area contributed by atoms with Gasteiger partial charge in [-0.1, -0.05) is 12.2 Å². The van der Waals surface area contributed by atoms with Crippen molar-refractivity contribution in [1.29, 1.82) is 0 Å². The summed E-state index contributed by atoms with van der Waals surface area (Å²) in [6.45, 7) is 9.30. The van der Waals surface area contributed by atoms with Crippen molar-refractivity contribution >= 4 is 5.78 Å². The molecule has 2 rings (SSSR count). The van der Waals surface area contributed by atoms with Crippen molar-refractivity contribution in [2.24, 2.45) is 5.92 Å². The Morgan fingerprint density at radius 1 is 1.33 bits per heavy atom. The number of hydrogen-bond donors (Lipinski definition) is 2. The lowest BCUT2D eigenvalue weighted by molar-refractivity contribution is -0.118. The highest BCUT2D eigenvalue weighted by molar-refractivity contribution is 6.02. The quantitative estimate of drug-likeness (QED) is 0.701. The summed E-state index contributed by atoms with van der Waals surface area (Å²) in [4.78, 5) is 12.1. The third-order valence-corrected chi connectivity index (χ3v) is 4.40. The summed E-state index contributed by atoms with van der Waals surface area (Å²) < 4.78 is 0. The first-order valence-electron chi connectivity index (χ1n) is 6.52. The van der Waals surface area contributed by atoms with Gasteiger partial charge in [0.15, 0.2) is 5.78 Å². The van der Waals surface area contributed by atoms with Crippen LogP contribution < -0.4 is 0 Å². The highest BCUT2D eigenvalue weighted by Gasteiger charge is 2.48. The molecule has 3 atom stereocenters. The fourth-order valence-corrected chi connectivity index (χ4v) is 3.24. The highest BCUT2D eigenvalue weighted by Crippen LogP contribution is 2.47. The summed E-state index contributed by atoms with van der Waals surface area (Å²) in [5, 5.41) is 20.9. The molecule has 0 spiro atoms. The van der Waals surface area contributed by atoms with Crippen molar-refractivity contribution in [2.75, 3.05) is 0 Å². The monoisotopic (exact) mass is 250 g/mol. The van der Waals surface area contributed by atoms with Crippen LogP contribution in [0.5, 0.6) is 0 Å². The zero-order chi connectivity index (χ0) is 13.7. The summed E-state index contributed by atoms with van der Waals surface area (Å²) in [5.41, 5.74) is 0.0138. The van der Waals surface area contributed by atoms with Crippen LogP contribution in [-0.2, 0) is 4.79 Å². The molecule has 0 radical (unpaired) electrons. The molecule has 0 aliphatic heterocycles. The van der Waals surface area contributed by atoms with Gasteiger partial charge in [0, 0.05) is 12.0 Å². The van der Waals surface area contributed by atoms with Crippen molar-refractivity contribution in [3.63, 3.8) is 0 Å². The molecule has 18 heavy (non-hydrogen) atoms. The molecule has 0 aromatic rings. The molecular formula is C15H22O3. The van der Waals surface area contributed by atoms with E-state index in [0.717, 1.165) is 17.6 Å². The van der Waals surface area contributed by atoms with Gasteiger partial charge in [0.25, 0.3) is 0 Å². The largest absolute Gasteiger partial charge is 0.385 e. The van der Waals surface area contributed by atoms with E-state index in [9.17, 15) is 15.0 Å². The first kappa shape index (κ1) is 13.5. The molecule has 0 saturated carbocycles. The van der Waals surface area contributed by atoms with Crippen LogP contribution in [0.25, 0.3) is 0 Å². The zero-order valence-electron chi connectivity index (χ0n) is 11.4. The number of aliphatic hydroxyl groups is 2. The van der Waals surface area contributed by atoms with E-state index in [1.165, 1.54) is 0 Å². The predicted molar refractivity (Wildman–Crippen MR) is 70.1 cm³/mol. The Morgan fingerprint density at radius 2 is 1.94 bits per heavy atom. The van der Waals surface area contributed by atoms with E-state index in [4.69, 9.17) is 0 Å². The van der Waals surface area contributed by atoms with Gasteiger partial charge in [-0.05, 0) is 51.5 Å². The highest BCUT2D eigenvalue weighted by atomic mass is 16.3. The molecule has 2 aliphatic carbocycles. The van der Waals surface area contributed by atoms with Gasteiger partial charge >= 0.3 is 0 Å². The standard InChI is InChI=1S/C15H22O3/c1-9(2)10-5-6-14(3,17)13-11(7-10)15(4,18)8-12(13)16/h10,17-18H,1,5-8H2,2-4H3/t10-,14+,15-/m1/s1. The van der Waals surface area contributed by atoms with Gasteiger partial charge in [0.2, 0.25) is 0 Å². The van der Waals surface area contributed by atoms with Gasteiger partial charge in [-0.25, -0.2) is 0 Å². The van der Waals surface area contributed by atoms with E-state index in [2.05, 4.69) is 6.58 Å². The molecule has 0 amide bonds. The second kappa shape index (κ2) is 4.04. The molecule has 0 fully saturated rings. The summed E-state index contributed by atoms with van der Waals surface area (Å²) in [6.07, 6.45) is 2.08. The van der Waals surface area contributed by atoms with Crippen molar-refractivity contribution in [3.05, 3.63) is 23.3 Å². The fraction of sp³-hybridized carbons (Fsp3) is 0.667. The number of hydrogen-bond acceptors (Lipinski definition) is 3. The molecule has 2 N–H and O–H groups in total. The fourth-order valence-electron chi connectivity index (χ4n) is 3.24. The van der Waals surface area contributed by atoms with Crippen molar-refractivity contribution in [3.8, 4) is 0 Å². The molecule has 0 saturated heterocycles. The lowest BCUT2D eigenvalue weighted by atomic mass is 9.85. The number of carbonyl (C=O) groups is 1. The molecular weight excluding hydrogens is 228 g/mol. The molecule has 0 heterocycles. The van der Waals surface area contributed by atoms with Gasteiger partial charge < -0.3 is 10.2 Å². The van der Waals surface area contributed by atoms with Crippen molar-refractivity contribution in [1.82, 2.24) is 0 Å². The lowest BCUT2D eigenvalue weighted by Crippen LogP contribution is -2.30. The van der Waals surface area contributed by atoms with Crippen LogP contribution >= 0.6 is 0 Å². The van der Waals surface area contributed by atoms with E-state index in [1.807, 2.05) is 6.92 Å². The first-order valence-corrected chi connectivity index (χ1v) is 6.52. The van der Waals surface area contributed by atoms with Gasteiger partial charge in [-0.3, -0.25) is 4.79 Å². The third-order valence-electron chi connectivity index (χ3n) is 4.40. The van der Waals surface area contributed by atoms with Crippen LogP contribution in [0.1, 0.15) is 46.5 Å². The lowest BCUT2D eigenvalue weighted by Gasteiger charge is -2.24. The van der Waals surface area contributed by atoms with Gasteiger partial charge in [-0.15, -0.1) is 0 Å². The number of carbonyl (C=O) groups excluding carboxylic acids is 1. The number of allylic oxidation sites excluding steroid dienone is 1. The van der Waals surface area contributed by atoms with Gasteiger partial charge in [0.05, 0.1) is 11.2 Å². The minimum absolute atomic E-state index is 0.0940. The molecule has 100 valence electrons. The molecule has 3 heteroatoms. The van der Waals surface area contributed by atoms with Crippen LogP contribution in [0.3, 0.4) is 0 Å². The van der Waals surface area contributed by atoms with E-state index >= 15 is 0 Å². The zero-order valence-corrected chi connectivity index (χ0v) is 11.4. The van der Waals surface area contributed by atoms with Crippen LogP contribution in [0.4, 0.5) is 0 Å². The smallest absolute Gasteiger partial charge is 0.165 e. The molecule has 0 aromatic carbocycles. The average molecular weight is 250 g/mol. The third kappa shape index (κ3) is 2.06. The molecule has 0 bridgehead atoms.